The smallest absolute Gasteiger partial charge is 0.176 e. The third-order valence-corrected chi connectivity index (χ3v) is 2.17. The fraction of sp³-hybridized carbons (Fsp3) is 0.273. The number of benzene rings is 1. The Labute approximate surface area is 81.9 Å². The topological polar surface area (TPSA) is 42.6 Å². The average molecular weight is 192 g/mol. The minimum atomic E-state index is 0.0104. The van der Waals surface area contributed by atoms with E-state index in [4.69, 9.17) is 14.3 Å². The Hall–Kier alpha value is -1.48. The van der Waals surface area contributed by atoms with Crippen molar-refractivity contribution in [3.8, 4) is 5.75 Å². The third-order valence-electron chi connectivity index (χ3n) is 2.17. The Morgan fingerprint density at radius 1 is 1.36 bits per heavy atom. The molecule has 3 nitrogen and oxygen atoms in total. The molecular formula is C11H12O3. The number of aryl methyl sites for hydroxylation is 1. The Balaban J connectivity index is 2.72. The summed E-state index contributed by atoms with van der Waals surface area (Å²) in [5.74, 6) is 1.51. The summed E-state index contributed by atoms with van der Waals surface area (Å²) >= 11 is 0. The molecule has 0 amide bonds. The molecule has 1 N–H and O–H groups in total. The second-order valence-electron chi connectivity index (χ2n) is 3.23. The van der Waals surface area contributed by atoms with Gasteiger partial charge in [0.05, 0.1) is 13.7 Å². The van der Waals surface area contributed by atoms with E-state index in [2.05, 4.69) is 0 Å². The number of hydrogen-bond donors (Lipinski definition) is 1. The lowest BCUT2D eigenvalue weighted by molar-refractivity contribution is 0.281. The van der Waals surface area contributed by atoms with Crippen LogP contribution in [-0.2, 0) is 6.61 Å². The summed E-state index contributed by atoms with van der Waals surface area (Å²) in [6, 6.07) is 5.61. The molecule has 0 saturated heterocycles. The van der Waals surface area contributed by atoms with Crippen LogP contribution in [-0.4, -0.2) is 12.2 Å². The monoisotopic (exact) mass is 192 g/mol. The molecule has 3 heteroatoms. The van der Waals surface area contributed by atoms with Gasteiger partial charge < -0.3 is 14.3 Å². The van der Waals surface area contributed by atoms with Crippen molar-refractivity contribution in [2.75, 3.05) is 7.11 Å². The Morgan fingerprint density at radius 2 is 2.14 bits per heavy atom. The predicted octanol–water partition coefficient (Wildman–Crippen LogP) is 2.24. The summed E-state index contributed by atoms with van der Waals surface area (Å²) in [6.45, 7) is 1.90. The van der Waals surface area contributed by atoms with E-state index in [9.17, 15) is 0 Å². The van der Waals surface area contributed by atoms with Crippen LogP contribution in [0.15, 0.2) is 22.6 Å². The Bertz CT molecular complexity index is 457. The molecule has 74 valence electrons. The zero-order valence-electron chi connectivity index (χ0n) is 8.20. The maximum absolute atomic E-state index is 9.04. The van der Waals surface area contributed by atoms with Gasteiger partial charge in [0, 0.05) is 5.39 Å². The number of aliphatic hydroxyl groups is 1. The number of methoxy groups -OCH3 is 1. The summed E-state index contributed by atoms with van der Waals surface area (Å²) in [7, 11) is 1.59. The van der Waals surface area contributed by atoms with Crippen LogP contribution in [0.1, 0.15) is 11.3 Å². The number of fused-ring (bicyclic) bond motifs is 1. The van der Waals surface area contributed by atoms with E-state index < -0.39 is 0 Å². The first kappa shape index (κ1) is 9.09. The van der Waals surface area contributed by atoms with E-state index in [-0.39, 0.29) is 6.61 Å². The summed E-state index contributed by atoms with van der Waals surface area (Å²) in [4.78, 5) is 0. The fourth-order valence-electron chi connectivity index (χ4n) is 1.55. The van der Waals surface area contributed by atoms with Gasteiger partial charge in [-0.15, -0.1) is 0 Å². The van der Waals surface area contributed by atoms with Crippen LogP contribution in [0.5, 0.6) is 5.75 Å². The van der Waals surface area contributed by atoms with Gasteiger partial charge in [0.2, 0.25) is 0 Å². The minimum absolute atomic E-state index is 0.0104. The number of rotatable bonds is 2. The fourth-order valence-corrected chi connectivity index (χ4v) is 1.55. The van der Waals surface area contributed by atoms with Crippen molar-refractivity contribution in [3.05, 3.63) is 29.5 Å². The molecule has 2 aromatic rings. The zero-order valence-corrected chi connectivity index (χ0v) is 8.20. The van der Waals surface area contributed by atoms with Crippen molar-refractivity contribution in [1.82, 2.24) is 0 Å². The third kappa shape index (κ3) is 1.36. The quantitative estimate of drug-likeness (QED) is 0.793. The van der Waals surface area contributed by atoms with E-state index in [0.29, 0.717) is 5.75 Å². The Kier molecular flexibility index (Phi) is 2.17. The Morgan fingerprint density at radius 3 is 2.79 bits per heavy atom. The van der Waals surface area contributed by atoms with Gasteiger partial charge in [-0.05, 0) is 30.7 Å². The van der Waals surface area contributed by atoms with Crippen LogP contribution >= 0.6 is 0 Å². The second-order valence-corrected chi connectivity index (χ2v) is 3.23. The van der Waals surface area contributed by atoms with E-state index in [1.165, 1.54) is 0 Å². The second kappa shape index (κ2) is 3.35. The van der Waals surface area contributed by atoms with Crippen LogP contribution in [0, 0.1) is 6.92 Å². The molecule has 0 radical (unpaired) electrons. The summed E-state index contributed by atoms with van der Waals surface area (Å²) in [5, 5.41) is 10.0. The molecule has 0 saturated carbocycles. The van der Waals surface area contributed by atoms with Gasteiger partial charge in [-0.3, -0.25) is 0 Å². The first-order valence-corrected chi connectivity index (χ1v) is 4.42. The summed E-state index contributed by atoms with van der Waals surface area (Å²) in [6.07, 6.45) is 0. The maximum atomic E-state index is 9.04. The molecule has 0 spiro atoms. The minimum Gasteiger partial charge on any atom is -0.493 e. The molecule has 0 aliphatic carbocycles. The SMILES string of the molecule is COc1cc(CO)cc2cc(C)oc12. The highest BCUT2D eigenvalue weighted by atomic mass is 16.5. The van der Waals surface area contributed by atoms with E-state index >= 15 is 0 Å². The van der Waals surface area contributed by atoms with E-state index in [1.54, 1.807) is 13.2 Å². The van der Waals surface area contributed by atoms with Gasteiger partial charge in [-0.2, -0.15) is 0 Å². The van der Waals surface area contributed by atoms with Crippen molar-refractivity contribution in [2.45, 2.75) is 13.5 Å². The molecule has 0 bridgehead atoms. The maximum Gasteiger partial charge on any atom is 0.176 e. The van der Waals surface area contributed by atoms with Crippen LogP contribution in [0.25, 0.3) is 11.0 Å². The van der Waals surface area contributed by atoms with Crippen LogP contribution in [0.2, 0.25) is 0 Å². The normalized spacial score (nSPS) is 10.8. The van der Waals surface area contributed by atoms with Gasteiger partial charge in [0.15, 0.2) is 11.3 Å². The molecular weight excluding hydrogens is 180 g/mol. The number of ether oxygens (including phenoxy) is 1. The van der Waals surface area contributed by atoms with E-state index in [0.717, 1.165) is 22.3 Å². The number of aliphatic hydroxyl groups excluding tert-OH is 1. The predicted molar refractivity (Wildman–Crippen MR) is 53.4 cm³/mol. The van der Waals surface area contributed by atoms with Crippen LogP contribution in [0.3, 0.4) is 0 Å². The van der Waals surface area contributed by atoms with Crippen LogP contribution < -0.4 is 4.74 Å². The van der Waals surface area contributed by atoms with Gasteiger partial charge in [-0.25, -0.2) is 0 Å². The molecule has 0 aliphatic heterocycles. The summed E-state index contributed by atoms with van der Waals surface area (Å²) in [5.41, 5.74) is 1.57. The van der Waals surface area contributed by atoms with Gasteiger partial charge >= 0.3 is 0 Å². The van der Waals surface area contributed by atoms with Crippen molar-refractivity contribution >= 4 is 11.0 Å². The highest BCUT2D eigenvalue weighted by Gasteiger charge is 2.08. The molecule has 14 heavy (non-hydrogen) atoms. The molecule has 0 unspecified atom stereocenters. The van der Waals surface area contributed by atoms with Crippen LogP contribution in [0.4, 0.5) is 0 Å². The van der Waals surface area contributed by atoms with Crippen molar-refractivity contribution < 1.29 is 14.3 Å². The lowest BCUT2D eigenvalue weighted by atomic mass is 10.1. The van der Waals surface area contributed by atoms with Crippen molar-refractivity contribution in [1.29, 1.82) is 0 Å². The molecule has 1 heterocycles. The van der Waals surface area contributed by atoms with E-state index in [1.807, 2.05) is 19.1 Å². The standard InChI is InChI=1S/C11H12O3/c1-7-3-9-4-8(6-12)5-10(13-2)11(9)14-7/h3-5,12H,6H2,1-2H3. The highest BCUT2D eigenvalue weighted by Crippen LogP contribution is 2.30. The molecule has 0 fully saturated rings. The average Bonchev–Trinajstić information content (AvgIpc) is 2.56. The lowest BCUT2D eigenvalue weighted by Gasteiger charge is -2.02. The van der Waals surface area contributed by atoms with Gasteiger partial charge in [0.1, 0.15) is 5.76 Å². The number of hydrogen-bond acceptors (Lipinski definition) is 3. The number of furan rings is 1. The van der Waals surface area contributed by atoms with Gasteiger partial charge in [0.25, 0.3) is 0 Å². The lowest BCUT2D eigenvalue weighted by Crippen LogP contribution is -1.87. The zero-order chi connectivity index (χ0) is 10.1. The molecule has 0 aliphatic rings. The molecule has 2 rings (SSSR count). The van der Waals surface area contributed by atoms with Gasteiger partial charge in [-0.1, -0.05) is 0 Å². The first-order chi connectivity index (χ1) is 6.74. The van der Waals surface area contributed by atoms with Crippen molar-refractivity contribution in [3.63, 3.8) is 0 Å². The summed E-state index contributed by atoms with van der Waals surface area (Å²) < 4.78 is 10.7. The molecule has 0 atom stereocenters. The largest absolute Gasteiger partial charge is 0.493 e. The first-order valence-electron chi connectivity index (χ1n) is 4.42. The highest BCUT2D eigenvalue weighted by molar-refractivity contribution is 5.84. The van der Waals surface area contributed by atoms with Crippen molar-refractivity contribution in [2.24, 2.45) is 0 Å². The molecule has 1 aromatic carbocycles. The molecule has 1 aromatic heterocycles.